The van der Waals surface area contributed by atoms with Crippen LogP contribution in [0.25, 0.3) is 32.1 Å². The number of pyridine rings is 1. The van der Waals surface area contributed by atoms with Crippen LogP contribution in [0.5, 0.6) is 5.75 Å². The van der Waals surface area contributed by atoms with Crippen LogP contribution in [0.2, 0.25) is 0 Å². The second-order valence-corrected chi connectivity index (χ2v) is 7.51. The van der Waals surface area contributed by atoms with Crippen LogP contribution in [0.3, 0.4) is 0 Å². The summed E-state index contributed by atoms with van der Waals surface area (Å²) in [4.78, 5) is 15.4. The van der Waals surface area contributed by atoms with Crippen LogP contribution >= 0.6 is 11.3 Å². The standard InChI is InChI=1S/C21H18N2O2S/c1-25-17-5-4-16-19(15-7-9-26-20(15)21(24)23-16)18(17)13-3-2-12-6-8-22-11-14(12)10-13/h2-5,7,9-10,22H,6,8,11H2,1H3,(H,23,24). The van der Waals surface area contributed by atoms with Crippen LogP contribution in [-0.4, -0.2) is 18.6 Å². The molecule has 0 aliphatic carbocycles. The maximum atomic E-state index is 12.4. The molecule has 4 aromatic rings. The predicted octanol–water partition coefficient (Wildman–Crippen LogP) is 4.06. The van der Waals surface area contributed by atoms with Crippen LogP contribution in [0.1, 0.15) is 11.1 Å². The van der Waals surface area contributed by atoms with Crippen LogP contribution in [0, 0.1) is 0 Å². The molecule has 0 saturated heterocycles. The molecule has 3 heterocycles. The average Bonchev–Trinajstić information content (AvgIpc) is 3.17. The SMILES string of the molecule is COc1ccc2[nH]c(=O)c3sccc3c2c1-c1ccc2c(c1)CNCC2. The fourth-order valence-electron chi connectivity index (χ4n) is 3.92. The maximum Gasteiger partial charge on any atom is 0.266 e. The first kappa shape index (κ1) is 15.6. The van der Waals surface area contributed by atoms with Gasteiger partial charge in [0.25, 0.3) is 5.56 Å². The second kappa shape index (κ2) is 5.97. The van der Waals surface area contributed by atoms with Crippen molar-refractivity contribution >= 4 is 32.3 Å². The molecule has 0 saturated carbocycles. The van der Waals surface area contributed by atoms with Crippen molar-refractivity contribution < 1.29 is 4.74 Å². The number of thiophene rings is 1. The molecule has 0 unspecified atom stereocenters. The number of benzene rings is 2. The lowest BCUT2D eigenvalue weighted by Crippen LogP contribution is -2.23. The van der Waals surface area contributed by atoms with Gasteiger partial charge < -0.3 is 15.0 Å². The minimum atomic E-state index is -0.0340. The molecule has 1 aliphatic rings. The number of aromatic amines is 1. The Morgan fingerprint density at radius 1 is 1.12 bits per heavy atom. The van der Waals surface area contributed by atoms with Crippen molar-refractivity contribution in [2.75, 3.05) is 13.7 Å². The first-order chi connectivity index (χ1) is 12.8. The lowest BCUT2D eigenvalue weighted by atomic mass is 9.92. The first-order valence-electron chi connectivity index (χ1n) is 8.69. The normalized spacial score (nSPS) is 13.9. The molecule has 130 valence electrons. The number of nitrogens with one attached hydrogen (secondary N) is 2. The Labute approximate surface area is 154 Å². The van der Waals surface area contributed by atoms with E-state index in [1.807, 2.05) is 23.6 Å². The van der Waals surface area contributed by atoms with Crippen molar-refractivity contribution in [1.82, 2.24) is 10.3 Å². The van der Waals surface area contributed by atoms with E-state index in [9.17, 15) is 4.79 Å². The van der Waals surface area contributed by atoms with Gasteiger partial charge in [-0.1, -0.05) is 12.1 Å². The molecule has 0 atom stereocenters. The largest absolute Gasteiger partial charge is 0.496 e. The molecular weight excluding hydrogens is 344 g/mol. The fourth-order valence-corrected chi connectivity index (χ4v) is 4.72. The summed E-state index contributed by atoms with van der Waals surface area (Å²) < 4.78 is 6.46. The Balaban J connectivity index is 1.89. The molecule has 0 radical (unpaired) electrons. The van der Waals surface area contributed by atoms with Gasteiger partial charge in [-0.15, -0.1) is 11.3 Å². The number of aromatic nitrogens is 1. The number of fused-ring (bicyclic) bond motifs is 4. The predicted molar refractivity (Wildman–Crippen MR) is 107 cm³/mol. The summed E-state index contributed by atoms with van der Waals surface area (Å²) in [5, 5.41) is 7.44. The van der Waals surface area contributed by atoms with Gasteiger partial charge in [0.2, 0.25) is 0 Å². The third-order valence-electron chi connectivity index (χ3n) is 5.16. The van der Waals surface area contributed by atoms with Crippen molar-refractivity contribution in [2.24, 2.45) is 0 Å². The molecule has 0 amide bonds. The highest BCUT2D eigenvalue weighted by Gasteiger charge is 2.18. The van der Waals surface area contributed by atoms with Gasteiger partial charge in [-0.3, -0.25) is 4.79 Å². The Hall–Kier alpha value is -2.63. The number of rotatable bonds is 2. The number of hydrogen-bond acceptors (Lipinski definition) is 4. The van der Waals surface area contributed by atoms with Gasteiger partial charge in [0.05, 0.1) is 7.11 Å². The summed E-state index contributed by atoms with van der Waals surface area (Å²) in [5.74, 6) is 0.820. The third kappa shape index (κ3) is 2.28. The Morgan fingerprint density at radius 3 is 2.92 bits per heavy atom. The summed E-state index contributed by atoms with van der Waals surface area (Å²) in [6, 6.07) is 12.5. The molecule has 0 bridgehead atoms. The van der Waals surface area contributed by atoms with Crippen molar-refractivity contribution in [3.63, 3.8) is 0 Å². The number of hydrogen-bond donors (Lipinski definition) is 2. The van der Waals surface area contributed by atoms with E-state index in [4.69, 9.17) is 4.74 Å². The summed E-state index contributed by atoms with van der Waals surface area (Å²) in [6.45, 7) is 1.92. The Bertz CT molecular complexity index is 1210. The molecule has 1 aliphatic heterocycles. The lowest BCUT2D eigenvalue weighted by Gasteiger charge is -2.19. The van der Waals surface area contributed by atoms with E-state index in [2.05, 4.69) is 28.5 Å². The van der Waals surface area contributed by atoms with Crippen molar-refractivity contribution in [3.05, 3.63) is 63.3 Å². The molecule has 4 nitrogen and oxygen atoms in total. The van der Waals surface area contributed by atoms with Crippen molar-refractivity contribution in [2.45, 2.75) is 13.0 Å². The number of methoxy groups -OCH3 is 1. The van der Waals surface area contributed by atoms with E-state index in [0.29, 0.717) is 0 Å². The van der Waals surface area contributed by atoms with E-state index < -0.39 is 0 Å². The highest BCUT2D eigenvalue weighted by molar-refractivity contribution is 7.17. The molecule has 26 heavy (non-hydrogen) atoms. The van der Waals surface area contributed by atoms with Gasteiger partial charge in [0.15, 0.2) is 0 Å². The maximum absolute atomic E-state index is 12.4. The smallest absolute Gasteiger partial charge is 0.266 e. The van der Waals surface area contributed by atoms with Crippen LogP contribution in [0.15, 0.2) is 46.6 Å². The fraction of sp³-hybridized carbons (Fsp3) is 0.190. The third-order valence-corrected chi connectivity index (χ3v) is 6.07. The molecule has 0 fully saturated rings. The van der Waals surface area contributed by atoms with Gasteiger partial charge in [-0.25, -0.2) is 0 Å². The second-order valence-electron chi connectivity index (χ2n) is 6.59. The number of ether oxygens (including phenoxy) is 1. The van der Waals surface area contributed by atoms with E-state index >= 15 is 0 Å². The van der Waals surface area contributed by atoms with Gasteiger partial charge in [-0.2, -0.15) is 0 Å². The zero-order valence-corrected chi connectivity index (χ0v) is 15.2. The topological polar surface area (TPSA) is 54.1 Å². The molecule has 5 rings (SSSR count). The van der Waals surface area contributed by atoms with E-state index in [1.54, 1.807) is 7.11 Å². The van der Waals surface area contributed by atoms with Crippen molar-refractivity contribution in [3.8, 4) is 16.9 Å². The Morgan fingerprint density at radius 2 is 2.04 bits per heavy atom. The minimum Gasteiger partial charge on any atom is -0.496 e. The molecule has 2 N–H and O–H groups in total. The van der Waals surface area contributed by atoms with Gasteiger partial charge in [0.1, 0.15) is 10.4 Å². The van der Waals surface area contributed by atoms with E-state index in [0.717, 1.165) is 57.4 Å². The molecule has 0 spiro atoms. The minimum absolute atomic E-state index is 0.0340. The summed E-state index contributed by atoms with van der Waals surface area (Å²) in [6.07, 6.45) is 1.06. The summed E-state index contributed by atoms with van der Waals surface area (Å²) in [5.41, 5.74) is 5.70. The first-order valence-corrected chi connectivity index (χ1v) is 9.57. The lowest BCUT2D eigenvalue weighted by molar-refractivity contribution is 0.417. The van der Waals surface area contributed by atoms with E-state index in [1.165, 1.54) is 22.5 Å². The summed E-state index contributed by atoms with van der Waals surface area (Å²) >= 11 is 1.47. The average molecular weight is 362 g/mol. The summed E-state index contributed by atoms with van der Waals surface area (Å²) in [7, 11) is 1.70. The highest BCUT2D eigenvalue weighted by Crippen LogP contribution is 2.40. The number of H-pyrrole nitrogens is 1. The molecule has 2 aromatic heterocycles. The zero-order chi connectivity index (χ0) is 17.7. The van der Waals surface area contributed by atoms with Crippen LogP contribution < -0.4 is 15.6 Å². The monoisotopic (exact) mass is 362 g/mol. The van der Waals surface area contributed by atoms with E-state index in [-0.39, 0.29) is 5.56 Å². The van der Waals surface area contributed by atoms with Crippen LogP contribution in [-0.2, 0) is 13.0 Å². The molecule has 2 aromatic carbocycles. The molecule has 5 heteroatoms. The van der Waals surface area contributed by atoms with Crippen molar-refractivity contribution in [1.29, 1.82) is 0 Å². The van der Waals surface area contributed by atoms with Gasteiger partial charge >= 0.3 is 0 Å². The van der Waals surface area contributed by atoms with Gasteiger partial charge in [0, 0.05) is 28.4 Å². The highest BCUT2D eigenvalue weighted by atomic mass is 32.1. The quantitative estimate of drug-likeness (QED) is 0.565. The van der Waals surface area contributed by atoms with Gasteiger partial charge in [-0.05, 0) is 59.3 Å². The zero-order valence-electron chi connectivity index (χ0n) is 14.4. The van der Waals surface area contributed by atoms with Crippen LogP contribution in [0.4, 0.5) is 0 Å². The Kier molecular flexibility index (Phi) is 3.58. The molecular formula is C21H18N2O2S.